The smallest absolute Gasteiger partial charge is 0.343 e. The second-order valence-corrected chi connectivity index (χ2v) is 8.49. The van der Waals surface area contributed by atoms with E-state index in [0.29, 0.717) is 5.57 Å². The number of aliphatic hydroxyl groups is 1. The van der Waals surface area contributed by atoms with Crippen LogP contribution in [0.25, 0.3) is 0 Å². The fourth-order valence-corrected chi connectivity index (χ4v) is 4.33. The van der Waals surface area contributed by atoms with E-state index in [1.54, 1.807) is 6.08 Å². The number of hydrogen-bond acceptors (Lipinski definition) is 7. The first-order valence-electron chi connectivity index (χ1n) is 9.82. The fraction of sp³-hybridized carbons (Fsp3) is 0.455. The lowest BCUT2D eigenvalue weighted by Crippen LogP contribution is -2.57. The third-order valence-corrected chi connectivity index (χ3v) is 6.51. The van der Waals surface area contributed by atoms with Gasteiger partial charge in [-0.05, 0) is 43.6 Å². The highest BCUT2D eigenvalue weighted by Crippen LogP contribution is 2.45. The molecule has 0 saturated carbocycles. The van der Waals surface area contributed by atoms with Gasteiger partial charge in [0, 0.05) is 12.3 Å². The number of halogens is 2. The average molecular weight is 471 g/mol. The van der Waals surface area contributed by atoms with Crippen molar-refractivity contribution in [1.82, 2.24) is 0 Å². The molecule has 1 aliphatic heterocycles. The van der Waals surface area contributed by atoms with Crippen LogP contribution in [0.5, 0.6) is 11.5 Å². The summed E-state index contributed by atoms with van der Waals surface area (Å²) in [5.41, 5.74) is -1.20. The number of aliphatic hydroxyl groups excluding tert-OH is 1. The summed E-state index contributed by atoms with van der Waals surface area (Å²) in [4.78, 5) is 26.0. The average Bonchev–Trinajstić information content (AvgIpc) is 2.73. The summed E-state index contributed by atoms with van der Waals surface area (Å²) in [6.07, 6.45) is 3.41. The van der Waals surface area contributed by atoms with Gasteiger partial charge in [-0.2, -0.15) is 0 Å². The quantitative estimate of drug-likeness (QED) is 0.623. The van der Waals surface area contributed by atoms with E-state index in [9.17, 15) is 19.8 Å². The molecule has 0 saturated heterocycles. The van der Waals surface area contributed by atoms with Crippen molar-refractivity contribution in [3.8, 4) is 11.5 Å². The molecule has 1 aliphatic carbocycles. The van der Waals surface area contributed by atoms with Crippen molar-refractivity contribution < 1.29 is 34.0 Å². The number of allylic oxidation sites excluding steroid dienone is 2. The number of carbonyl (C=O) groups is 2. The number of fused-ring (bicyclic) bond motifs is 1. The number of carbonyl (C=O) groups excluding carboxylic acids is 2. The minimum absolute atomic E-state index is 0.142. The van der Waals surface area contributed by atoms with Gasteiger partial charge < -0.3 is 24.4 Å². The Balaban J connectivity index is 1.99. The molecule has 2 aliphatic rings. The second-order valence-electron chi connectivity index (χ2n) is 7.74. The van der Waals surface area contributed by atoms with Crippen molar-refractivity contribution in [1.29, 1.82) is 0 Å². The number of esters is 1. The summed E-state index contributed by atoms with van der Waals surface area (Å²) in [6, 6.07) is 0. The van der Waals surface area contributed by atoms with E-state index in [4.69, 9.17) is 37.4 Å². The van der Waals surface area contributed by atoms with Gasteiger partial charge in [0.1, 0.15) is 16.7 Å². The first-order chi connectivity index (χ1) is 14.6. The van der Waals surface area contributed by atoms with Gasteiger partial charge in [-0.1, -0.05) is 30.1 Å². The first kappa shape index (κ1) is 23.4. The number of ketones is 1. The lowest BCUT2D eigenvalue weighted by molar-refractivity contribution is -0.152. The Labute approximate surface area is 190 Å². The third kappa shape index (κ3) is 3.90. The highest BCUT2D eigenvalue weighted by atomic mass is 35.5. The van der Waals surface area contributed by atoms with Crippen molar-refractivity contribution in [2.75, 3.05) is 13.7 Å². The van der Waals surface area contributed by atoms with Crippen LogP contribution in [0, 0.1) is 12.8 Å². The summed E-state index contributed by atoms with van der Waals surface area (Å²) in [6.45, 7) is 5.01. The molecular formula is C22H24Cl2O7. The highest BCUT2D eigenvalue weighted by Gasteiger charge is 2.52. The summed E-state index contributed by atoms with van der Waals surface area (Å²) >= 11 is 12.1. The molecule has 0 spiro atoms. The number of ether oxygens (including phenoxy) is 3. The number of aromatic hydroxyl groups is 1. The first-order valence-corrected chi connectivity index (χ1v) is 10.6. The Bertz CT molecular complexity index is 998. The molecule has 9 heteroatoms. The fourth-order valence-electron chi connectivity index (χ4n) is 3.83. The van der Waals surface area contributed by atoms with Gasteiger partial charge in [0.05, 0.1) is 24.5 Å². The summed E-state index contributed by atoms with van der Waals surface area (Å²) in [7, 11) is 1.27. The van der Waals surface area contributed by atoms with Crippen LogP contribution in [0.2, 0.25) is 10.0 Å². The minimum atomic E-state index is -1.86. The molecule has 0 radical (unpaired) electrons. The van der Waals surface area contributed by atoms with Gasteiger partial charge in [0.2, 0.25) is 5.78 Å². The van der Waals surface area contributed by atoms with E-state index >= 15 is 0 Å². The van der Waals surface area contributed by atoms with Crippen LogP contribution in [0.1, 0.15) is 42.6 Å². The zero-order chi connectivity index (χ0) is 23.1. The Morgan fingerprint density at radius 3 is 2.61 bits per heavy atom. The molecule has 1 aromatic carbocycles. The summed E-state index contributed by atoms with van der Waals surface area (Å²) in [5, 5.41) is 20.6. The van der Waals surface area contributed by atoms with Crippen molar-refractivity contribution in [3.05, 3.63) is 44.7 Å². The molecule has 168 valence electrons. The van der Waals surface area contributed by atoms with E-state index in [1.807, 2.05) is 6.92 Å². The van der Waals surface area contributed by atoms with E-state index in [1.165, 1.54) is 27.0 Å². The molecular weight excluding hydrogens is 447 g/mol. The van der Waals surface area contributed by atoms with Crippen LogP contribution < -0.4 is 4.74 Å². The molecule has 3 rings (SSSR count). The molecule has 0 bridgehead atoms. The molecule has 2 N–H and O–H groups in total. The zero-order valence-electron chi connectivity index (χ0n) is 17.6. The maximum Gasteiger partial charge on any atom is 0.343 e. The van der Waals surface area contributed by atoms with Crippen LogP contribution in [0.15, 0.2) is 23.5 Å². The number of benzene rings is 1. The van der Waals surface area contributed by atoms with E-state index in [0.717, 1.165) is 18.6 Å². The summed E-state index contributed by atoms with van der Waals surface area (Å²) < 4.78 is 16.4. The van der Waals surface area contributed by atoms with E-state index < -0.39 is 35.1 Å². The SMILES string of the molecule is CCCC1=CC2=CC(=O)C(C)(OC(=O)c3c(C)c(Cl)c(O)c(Cl)c3OC)C(O)C2CO1. The van der Waals surface area contributed by atoms with Crippen LogP contribution in [-0.2, 0) is 14.3 Å². The van der Waals surface area contributed by atoms with Crippen LogP contribution in [-0.4, -0.2) is 47.4 Å². The number of methoxy groups -OCH3 is 1. The monoisotopic (exact) mass is 470 g/mol. The molecule has 1 aromatic rings. The molecule has 3 unspecified atom stereocenters. The van der Waals surface area contributed by atoms with Crippen LogP contribution in [0.4, 0.5) is 0 Å². The Kier molecular flexibility index (Phi) is 6.60. The Morgan fingerprint density at radius 2 is 2.00 bits per heavy atom. The molecule has 0 aromatic heterocycles. The Morgan fingerprint density at radius 1 is 1.32 bits per heavy atom. The minimum Gasteiger partial charge on any atom is -0.505 e. The van der Waals surface area contributed by atoms with E-state index in [2.05, 4.69) is 0 Å². The van der Waals surface area contributed by atoms with Crippen LogP contribution >= 0.6 is 23.2 Å². The number of phenolic OH excluding ortho intramolecular Hbond substituents is 1. The van der Waals surface area contributed by atoms with Crippen molar-refractivity contribution in [2.24, 2.45) is 5.92 Å². The molecule has 0 fully saturated rings. The largest absolute Gasteiger partial charge is 0.505 e. The molecule has 0 amide bonds. The Hall–Kier alpha value is -2.22. The maximum absolute atomic E-state index is 13.1. The zero-order valence-corrected chi connectivity index (χ0v) is 19.1. The molecule has 1 heterocycles. The maximum atomic E-state index is 13.1. The predicted octanol–water partition coefficient (Wildman–Crippen LogP) is 4.13. The number of rotatable bonds is 5. The predicted molar refractivity (Wildman–Crippen MR) is 115 cm³/mol. The van der Waals surface area contributed by atoms with Crippen molar-refractivity contribution in [3.63, 3.8) is 0 Å². The lowest BCUT2D eigenvalue weighted by atomic mass is 9.74. The van der Waals surface area contributed by atoms with Gasteiger partial charge in [0.25, 0.3) is 0 Å². The molecule has 3 atom stereocenters. The number of hydrogen-bond donors (Lipinski definition) is 2. The van der Waals surface area contributed by atoms with Crippen molar-refractivity contribution in [2.45, 2.75) is 45.3 Å². The summed E-state index contributed by atoms with van der Waals surface area (Å²) in [5.74, 6) is -1.89. The van der Waals surface area contributed by atoms with Gasteiger partial charge in [-0.15, -0.1) is 0 Å². The molecule has 31 heavy (non-hydrogen) atoms. The van der Waals surface area contributed by atoms with Gasteiger partial charge in [-0.25, -0.2) is 4.79 Å². The van der Waals surface area contributed by atoms with Gasteiger partial charge in [-0.3, -0.25) is 4.79 Å². The third-order valence-electron chi connectivity index (χ3n) is 5.69. The normalized spacial score (nSPS) is 25.2. The lowest BCUT2D eigenvalue weighted by Gasteiger charge is -2.41. The topological polar surface area (TPSA) is 102 Å². The van der Waals surface area contributed by atoms with Crippen molar-refractivity contribution >= 4 is 35.0 Å². The second kappa shape index (κ2) is 8.73. The van der Waals surface area contributed by atoms with Crippen LogP contribution in [0.3, 0.4) is 0 Å². The van der Waals surface area contributed by atoms with Gasteiger partial charge >= 0.3 is 5.97 Å². The van der Waals surface area contributed by atoms with Gasteiger partial charge in [0.15, 0.2) is 17.1 Å². The standard InChI is InChI=1S/C22H24Cl2O7/c1-5-6-12-7-11-8-14(25)22(3,20(27)13(11)9-30-12)31-21(28)15-10(2)16(23)18(26)17(24)19(15)29-4/h7-8,13,20,26-27H,5-6,9H2,1-4H3. The molecule has 7 nitrogen and oxygen atoms in total. The number of phenols is 1. The van der Waals surface area contributed by atoms with E-state index in [-0.39, 0.29) is 33.5 Å². The highest BCUT2D eigenvalue weighted by molar-refractivity contribution is 6.39.